The van der Waals surface area contributed by atoms with Crippen molar-refractivity contribution >= 4 is 29.2 Å². The Kier molecular flexibility index (Phi) is 4.25. The van der Waals surface area contributed by atoms with Crippen LogP contribution >= 0.6 is 11.3 Å². The SMILES string of the molecule is O=C(O)CCC(=O)C=Cc1cc(-n2ccnc2)cs1. The Bertz CT molecular complexity index is 599. The highest BCUT2D eigenvalue weighted by Crippen LogP contribution is 2.19. The first-order valence-corrected chi connectivity index (χ1v) is 6.52. The van der Waals surface area contributed by atoms with E-state index >= 15 is 0 Å². The van der Waals surface area contributed by atoms with E-state index < -0.39 is 5.97 Å². The molecular formula is C13H12N2O3S. The molecule has 0 radical (unpaired) electrons. The molecule has 2 heterocycles. The van der Waals surface area contributed by atoms with E-state index in [1.54, 1.807) is 18.6 Å². The number of allylic oxidation sites excluding steroid dienone is 1. The van der Waals surface area contributed by atoms with Crippen molar-refractivity contribution in [3.05, 3.63) is 41.1 Å². The van der Waals surface area contributed by atoms with Crippen molar-refractivity contribution in [1.82, 2.24) is 9.55 Å². The van der Waals surface area contributed by atoms with Crippen LogP contribution in [0.25, 0.3) is 11.8 Å². The molecule has 0 unspecified atom stereocenters. The number of thiophene rings is 1. The van der Waals surface area contributed by atoms with Crippen molar-refractivity contribution in [2.45, 2.75) is 12.8 Å². The summed E-state index contributed by atoms with van der Waals surface area (Å²) in [6.07, 6.45) is 8.27. The van der Waals surface area contributed by atoms with Crippen LogP contribution in [-0.4, -0.2) is 26.4 Å². The van der Waals surface area contributed by atoms with Gasteiger partial charge in [0.25, 0.3) is 0 Å². The summed E-state index contributed by atoms with van der Waals surface area (Å²) in [4.78, 5) is 26.6. The number of ketones is 1. The highest BCUT2D eigenvalue weighted by Gasteiger charge is 2.03. The van der Waals surface area contributed by atoms with Crippen LogP contribution in [0.3, 0.4) is 0 Å². The number of hydrogen-bond donors (Lipinski definition) is 1. The monoisotopic (exact) mass is 276 g/mol. The fourth-order valence-corrected chi connectivity index (χ4v) is 2.25. The van der Waals surface area contributed by atoms with Gasteiger partial charge in [0.2, 0.25) is 0 Å². The molecule has 0 aliphatic heterocycles. The average Bonchev–Trinajstić information content (AvgIpc) is 3.03. The smallest absolute Gasteiger partial charge is 0.303 e. The molecule has 0 saturated heterocycles. The molecular weight excluding hydrogens is 264 g/mol. The molecule has 1 N–H and O–H groups in total. The van der Waals surface area contributed by atoms with E-state index in [4.69, 9.17) is 5.11 Å². The summed E-state index contributed by atoms with van der Waals surface area (Å²) >= 11 is 1.51. The highest BCUT2D eigenvalue weighted by molar-refractivity contribution is 7.11. The van der Waals surface area contributed by atoms with E-state index in [9.17, 15) is 9.59 Å². The minimum absolute atomic E-state index is 0.0333. The largest absolute Gasteiger partial charge is 0.481 e. The van der Waals surface area contributed by atoms with Gasteiger partial charge in [-0.25, -0.2) is 4.98 Å². The van der Waals surface area contributed by atoms with Crippen LogP contribution in [0.15, 0.2) is 36.2 Å². The molecule has 2 rings (SSSR count). The average molecular weight is 276 g/mol. The molecule has 2 aromatic heterocycles. The minimum atomic E-state index is -0.958. The molecule has 0 aliphatic carbocycles. The van der Waals surface area contributed by atoms with Gasteiger partial charge in [0, 0.05) is 29.1 Å². The van der Waals surface area contributed by atoms with Gasteiger partial charge in [-0.1, -0.05) is 0 Å². The van der Waals surface area contributed by atoms with E-state index in [2.05, 4.69) is 4.98 Å². The number of rotatable bonds is 6. The van der Waals surface area contributed by atoms with Crippen LogP contribution in [-0.2, 0) is 9.59 Å². The minimum Gasteiger partial charge on any atom is -0.481 e. The van der Waals surface area contributed by atoms with Crippen LogP contribution in [0.5, 0.6) is 0 Å². The number of carbonyl (C=O) groups is 2. The van der Waals surface area contributed by atoms with Gasteiger partial charge in [-0.05, 0) is 18.2 Å². The van der Waals surface area contributed by atoms with Gasteiger partial charge in [-0.3, -0.25) is 9.59 Å². The standard InChI is InChI=1S/C13H12N2O3S/c16-11(2-4-13(17)18)1-3-12-7-10(8-19-12)15-6-5-14-9-15/h1,3,5-9H,2,4H2,(H,17,18). The van der Waals surface area contributed by atoms with E-state index in [0.29, 0.717) is 0 Å². The lowest BCUT2D eigenvalue weighted by molar-refractivity contribution is -0.138. The molecule has 0 bridgehead atoms. The Morgan fingerprint density at radius 3 is 2.95 bits per heavy atom. The molecule has 0 fully saturated rings. The number of hydrogen-bond acceptors (Lipinski definition) is 4. The van der Waals surface area contributed by atoms with Crippen molar-refractivity contribution in [3.8, 4) is 5.69 Å². The first-order valence-electron chi connectivity index (χ1n) is 5.65. The molecule has 2 aromatic rings. The summed E-state index contributed by atoms with van der Waals surface area (Å²) in [7, 11) is 0. The van der Waals surface area contributed by atoms with Gasteiger partial charge in [-0.2, -0.15) is 0 Å². The summed E-state index contributed by atoms with van der Waals surface area (Å²) in [5.74, 6) is -1.14. The van der Waals surface area contributed by atoms with Crippen molar-refractivity contribution < 1.29 is 14.7 Å². The summed E-state index contributed by atoms with van der Waals surface area (Å²) in [6.45, 7) is 0. The number of carboxylic acid groups (broad SMARTS) is 1. The van der Waals surface area contributed by atoms with Crippen molar-refractivity contribution in [1.29, 1.82) is 0 Å². The third kappa shape index (κ3) is 3.89. The zero-order chi connectivity index (χ0) is 13.7. The number of aromatic nitrogens is 2. The third-order valence-electron chi connectivity index (χ3n) is 2.43. The second kappa shape index (κ2) is 6.10. The van der Waals surface area contributed by atoms with Gasteiger partial charge >= 0.3 is 5.97 Å². The number of nitrogens with zero attached hydrogens (tertiary/aromatic N) is 2. The summed E-state index contributed by atoms with van der Waals surface area (Å²) < 4.78 is 1.88. The molecule has 0 saturated carbocycles. The number of aliphatic carboxylic acids is 1. The molecule has 0 spiro atoms. The third-order valence-corrected chi connectivity index (χ3v) is 3.31. The van der Waals surface area contributed by atoms with E-state index in [1.807, 2.05) is 22.2 Å². The van der Waals surface area contributed by atoms with Gasteiger partial charge in [0.1, 0.15) is 0 Å². The number of carboxylic acids is 1. The highest BCUT2D eigenvalue weighted by atomic mass is 32.1. The quantitative estimate of drug-likeness (QED) is 0.822. The Labute approximate surface area is 113 Å². The van der Waals surface area contributed by atoms with Crippen molar-refractivity contribution in [3.63, 3.8) is 0 Å². The Morgan fingerprint density at radius 2 is 2.26 bits per heavy atom. The number of imidazole rings is 1. The molecule has 0 aliphatic rings. The summed E-state index contributed by atoms with van der Waals surface area (Å²) in [5, 5.41) is 10.4. The van der Waals surface area contributed by atoms with E-state index in [0.717, 1.165) is 10.6 Å². The first-order chi connectivity index (χ1) is 9.15. The van der Waals surface area contributed by atoms with Gasteiger partial charge < -0.3 is 9.67 Å². The maximum atomic E-state index is 11.4. The lowest BCUT2D eigenvalue weighted by Gasteiger charge is -1.93. The Hall–Kier alpha value is -2.21. The van der Waals surface area contributed by atoms with Crippen LogP contribution < -0.4 is 0 Å². The lowest BCUT2D eigenvalue weighted by atomic mass is 10.2. The van der Waals surface area contributed by atoms with Crippen molar-refractivity contribution in [2.24, 2.45) is 0 Å². The second-order valence-electron chi connectivity index (χ2n) is 3.87. The molecule has 0 amide bonds. The molecule has 0 aromatic carbocycles. The van der Waals surface area contributed by atoms with Gasteiger partial charge in [0.15, 0.2) is 5.78 Å². The zero-order valence-corrected chi connectivity index (χ0v) is 10.8. The van der Waals surface area contributed by atoms with Gasteiger partial charge in [-0.15, -0.1) is 11.3 Å². The number of carbonyl (C=O) groups excluding carboxylic acids is 1. The fraction of sp³-hybridized carbons (Fsp3) is 0.154. The van der Waals surface area contributed by atoms with Crippen LogP contribution in [0.4, 0.5) is 0 Å². The second-order valence-corrected chi connectivity index (χ2v) is 4.81. The summed E-state index contributed by atoms with van der Waals surface area (Å²) in [6, 6.07) is 1.94. The Morgan fingerprint density at radius 1 is 1.42 bits per heavy atom. The first kappa shape index (κ1) is 13.2. The molecule has 98 valence electrons. The van der Waals surface area contributed by atoms with Crippen LogP contribution in [0.1, 0.15) is 17.7 Å². The lowest BCUT2D eigenvalue weighted by Crippen LogP contribution is -1.99. The molecule has 19 heavy (non-hydrogen) atoms. The van der Waals surface area contributed by atoms with E-state index in [-0.39, 0.29) is 18.6 Å². The zero-order valence-electron chi connectivity index (χ0n) is 10.0. The molecule has 6 heteroatoms. The van der Waals surface area contributed by atoms with Crippen LogP contribution in [0.2, 0.25) is 0 Å². The predicted molar refractivity (Wildman–Crippen MR) is 72.4 cm³/mol. The van der Waals surface area contributed by atoms with Crippen LogP contribution in [0, 0.1) is 0 Å². The normalized spacial score (nSPS) is 10.9. The predicted octanol–water partition coefficient (Wildman–Crippen LogP) is 2.38. The summed E-state index contributed by atoms with van der Waals surface area (Å²) in [5.41, 5.74) is 0.986. The maximum Gasteiger partial charge on any atom is 0.303 e. The Balaban J connectivity index is 1.96. The molecule has 5 nitrogen and oxygen atoms in total. The maximum absolute atomic E-state index is 11.4. The van der Waals surface area contributed by atoms with Gasteiger partial charge in [0.05, 0.1) is 18.4 Å². The molecule has 0 atom stereocenters. The van der Waals surface area contributed by atoms with E-state index in [1.165, 1.54) is 17.4 Å². The fourth-order valence-electron chi connectivity index (χ4n) is 1.47. The topological polar surface area (TPSA) is 72.2 Å². The van der Waals surface area contributed by atoms with Crippen molar-refractivity contribution in [2.75, 3.05) is 0 Å².